The number of para-hydroxylation sites is 1. The molecule has 0 unspecified atom stereocenters. The first-order valence-corrected chi connectivity index (χ1v) is 5.12. The van der Waals surface area contributed by atoms with Crippen molar-refractivity contribution >= 4 is 11.7 Å². The molecule has 0 saturated carbocycles. The Morgan fingerprint density at radius 2 is 2.07 bits per heavy atom. The van der Waals surface area contributed by atoms with Crippen molar-refractivity contribution in [3.05, 3.63) is 29.8 Å². The quantitative estimate of drug-likeness (QED) is 0.801. The highest BCUT2D eigenvalue weighted by atomic mass is 16.4. The highest BCUT2D eigenvalue weighted by Crippen LogP contribution is 2.33. The van der Waals surface area contributed by atoms with Gasteiger partial charge < -0.3 is 10.0 Å². The van der Waals surface area contributed by atoms with Gasteiger partial charge in [0.15, 0.2) is 0 Å². The van der Waals surface area contributed by atoms with Crippen LogP contribution in [-0.2, 0) is 11.2 Å². The van der Waals surface area contributed by atoms with Gasteiger partial charge in [0.05, 0.1) is 0 Å². The van der Waals surface area contributed by atoms with E-state index in [-0.39, 0.29) is 0 Å². The van der Waals surface area contributed by atoms with Gasteiger partial charge in [0.2, 0.25) is 0 Å². The molecule has 0 fully saturated rings. The Labute approximate surface area is 89.3 Å². The van der Waals surface area contributed by atoms with Crippen molar-refractivity contribution in [2.45, 2.75) is 25.8 Å². The highest BCUT2D eigenvalue weighted by Gasteiger charge is 2.37. The third kappa shape index (κ3) is 1.48. The fourth-order valence-electron chi connectivity index (χ4n) is 2.03. The fourth-order valence-corrected chi connectivity index (χ4v) is 2.03. The zero-order chi connectivity index (χ0) is 11.1. The molecule has 0 bridgehead atoms. The van der Waals surface area contributed by atoms with Gasteiger partial charge in [-0.1, -0.05) is 18.2 Å². The van der Waals surface area contributed by atoms with Crippen LogP contribution in [0.25, 0.3) is 0 Å². The van der Waals surface area contributed by atoms with E-state index in [2.05, 4.69) is 6.07 Å². The van der Waals surface area contributed by atoms with Gasteiger partial charge in [-0.2, -0.15) is 0 Å². The summed E-state index contributed by atoms with van der Waals surface area (Å²) in [5, 5.41) is 9.19. The van der Waals surface area contributed by atoms with Crippen molar-refractivity contribution in [1.82, 2.24) is 0 Å². The molecule has 0 amide bonds. The molecular weight excluding hydrogens is 190 g/mol. The van der Waals surface area contributed by atoms with Crippen LogP contribution < -0.4 is 4.90 Å². The Bertz CT molecular complexity index is 398. The first-order chi connectivity index (χ1) is 7.03. The molecule has 1 heterocycles. The molecular formula is C12H15NO2. The van der Waals surface area contributed by atoms with Crippen molar-refractivity contribution in [3.8, 4) is 0 Å². The van der Waals surface area contributed by atoms with Gasteiger partial charge in [-0.05, 0) is 31.9 Å². The summed E-state index contributed by atoms with van der Waals surface area (Å²) in [7, 11) is 0. The van der Waals surface area contributed by atoms with Crippen molar-refractivity contribution in [2.75, 3.05) is 11.4 Å². The molecule has 2 rings (SSSR count). The summed E-state index contributed by atoms with van der Waals surface area (Å²) < 4.78 is 0. The second-order valence-corrected chi connectivity index (χ2v) is 4.39. The maximum Gasteiger partial charge on any atom is 0.328 e. The van der Waals surface area contributed by atoms with E-state index in [0.29, 0.717) is 0 Å². The monoisotopic (exact) mass is 205 g/mol. The molecule has 0 saturated heterocycles. The average Bonchev–Trinajstić information content (AvgIpc) is 2.61. The van der Waals surface area contributed by atoms with Gasteiger partial charge in [0, 0.05) is 12.2 Å². The van der Waals surface area contributed by atoms with Crippen LogP contribution in [-0.4, -0.2) is 23.2 Å². The number of fused-ring (bicyclic) bond motifs is 1. The number of anilines is 1. The average molecular weight is 205 g/mol. The van der Waals surface area contributed by atoms with Crippen LogP contribution in [0.2, 0.25) is 0 Å². The van der Waals surface area contributed by atoms with Crippen molar-refractivity contribution < 1.29 is 9.90 Å². The van der Waals surface area contributed by atoms with Crippen LogP contribution in [0.1, 0.15) is 19.4 Å². The number of nitrogens with zero attached hydrogens (tertiary/aromatic N) is 1. The third-order valence-corrected chi connectivity index (χ3v) is 3.09. The van der Waals surface area contributed by atoms with Crippen LogP contribution in [0, 0.1) is 0 Å². The lowest BCUT2D eigenvalue weighted by Crippen LogP contribution is -2.49. The predicted molar refractivity (Wildman–Crippen MR) is 59.2 cm³/mol. The number of benzene rings is 1. The van der Waals surface area contributed by atoms with E-state index in [0.717, 1.165) is 18.7 Å². The SMILES string of the molecule is CC(C)(C(=O)O)N1CCc2ccccc21. The molecule has 0 radical (unpaired) electrons. The Hall–Kier alpha value is -1.51. The van der Waals surface area contributed by atoms with E-state index in [1.807, 2.05) is 23.1 Å². The third-order valence-electron chi connectivity index (χ3n) is 3.09. The van der Waals surface area contributed by atoms with Crippen LogP contribution in [0.5, 0.6) is 0 Å². The topological polar surface area (TPSA) is 40.5 Å². The zero-order valence-electron chi connectivity index (χ0n) is 9.03. The molecule has 0 spiro atoms. The Morgan fingerprint density at radius 3 is 2.73 bits per heavy atom. The van der Waals surface area contributed by atoms with Gasteiger partial charge in [0.1, 0.15) is 5.54 Å². The number of carboxylic acids is 1. The minimum Gasteiger partial charge on any atom is -0.480 e. The van der Waals surface area contributed by atoms with Crippen molar-refractivity contribution in [2.24, 2.45) is 0 Å². The number of carboxylic acid groups (broad SMARTS) is 1. The largest absolute Gasteiger partial charge is 0.480 e. The molecule has 1 N–H and O–H groups in total. The molecule has 0 atom stereocenters. The first-order valence-electron chi connectivity index (χ1n) is 5.12. The number of aliphatic carboxylic acids is 1. The van der Waals surface area contributed by atoms with Crippen molar-refractivity contribution in [3.63, 3.8) is 0 Å². The summed E-state index contributed by atoms with van der Waals surface area (Å²) in [5.41, 5.74) is 1.48. The zero-order valence-corrected chi connectivity index (χ0v) is 9.03. The molecule has 0 aliphatic carbocycles. The summed E-state index contributed by atoms with van der Waals surface area (Å²) in [6, 6.07) is 8.01. The number of carbonyl (C=O) groups is 1. The van der Waals surface area contributed by atoms with E-state index >= 15 is 0 Å². The second kappa shape index (κ2) is 3.26. The van der Waals surface area contributed by atoms with Crippen LogP contribution in [0.4, 0.5) is 5.69 Å². The van der Waals surface area contributed by atoms with Gasteiger partial charge in [0.25, 0.3) is 0 Å². The smallest absolute Gasteiger partial charge is 0.328 e. The first kappa shape index (κ1) is 10.0. The summed E-state index contributed by atoms with van der Waals surface area (Å²) in [6.07, 6.45) is 0.937. The van der Waals surface area contributed by atoms with E-state index in [4.69, 9.17) is 0 Å². The maximum absolute atomic E-state index is 11.2. The molecule has 3 heteroatoms. The highest BCUT2D eigenvalue weighted by molar-refractivity contribution is 5.83. The lowest BCUT2D eigenvalue weighted by molar-refractivity contribution is -0.142. The van der Waals surface area contributed by atoms with Crippen LogP contribution >= 0.6 is 0 Å². The standard InChI is InChI=1S/C12H15NO2/c1-12(2,11(14)15)13-8-7-9-5-3-4-6-10(9)13/h3-6H,7-8H2,1-2H3,(H,14,15). The number of rotatable bonds is 2. The molecule has 80 valence electrons. The molecule has 0 aromatic heterocycles. The van der Waals surface area contributed by atoms with E-state index in [1.54, 1.807) is 13.8 Å². The predicted octanol–water partition coefficient (Wildman–Crippen LogP) is 1.91. The lowest BCUT2D eigenvalue weighted by atomic mass is 10.0. The number of hydrogen-bond acceptors (Lipinski definition) is 2. The molecule has 1 aromatic carbocycles. The number of hydrogen-bond donors (Lipinski definition) is 1. The van der Waals surface area contributed by atoms with E-state index in [9.17, 15) is 9.90 Å². The minimum absolute atomic E-state index is 0.779. The Morgan fingerprint density at radius 1 is 1.40 bits per heavy atom. The maximum atomic E-state index is 11.2. The van der Waals surface area contributed by atoms with Crippen LogP contribution in [0.15, 0.2) is 24.3 Å². The molecule has 15 heavy (non-hydrogen) atoms. The van der Waals surface area contributed by atoms with Crippen LogP contribution in [0.3, 0.4) is 0 Å². The lowest BCUT2D eigenvalue weighted by Gasteiger charge is -2.33. The van der Waals surface area contributed by atoms with Gasteiger partial charge >= 0.3 is 5.97 Å². The summed E-state index contributed by atoms with van der Waals surface area (Å²) in [4.78, 5) is 13.1. The molecule has 1 aliphatic rings. The molecule has 1 aliphatic heterocycles. The fraction of sp³-hybridized carbons (Fsp3) is 0.417. The van der Waals surface area contributed by atoms with Gasteiger partial charge in [-0.15, -0.1) is 0 Å². The minimum atomic E-state index is -0.827. The van der Waals surface area contributed by atoms with Gasteiger partial charge in [-0.3, -0.25) is 0 Å². The summed E-state index contributed by atoms with van der Waals surface area (Å²) in [6.45, 7) is 4.29. The Kier molecular flexibility index (Phi) is 2.18. The second-order valence-electron chi connectivity index (χ2n) is 4.39. The summed E-state index contributed by atoms with van der Waals surface area (Å²) in [5.74, 6) is -0.779. The van der Waals surface area contributed by atoms with E-state index < -0.39 is 11.5 Å². The van der Waals surface area contributed by atoms with Crippen molar-refractivity contribution in [1.29, 1.82) is 0 Å². The Balaban J connectivity index is 2.39. The molecule has 1 aromatic rings. The van der Waals surface area contributed by atoms with Gasteiger partial charge in [-0.25, -0.2) is 4.79 Å². The molecule has 3 nitrogen and oxygen atoms in total. The normalized spacial score (nSPS) is 15.2. The van der Waals surface area contributed by atoms with E-state index in [1.165, 1.54) is 5.56 Å². The summed E-state index contributed by atoms with van der Waals surface area (Å²) >= 11 is 0.